The first-order valence-corrected chi connectivity index (χ1v) is 11.2. The first-order chi connectivity index (χ1) is 12.4. The summed E-state index contributed by atoms with van der Waals surface area (Å²) < 4.78 is 23.2. The van der Waals surface area contributed by atoms with E-state index < -0.39 is 9.84 Å². The molecule has 0 N–H and O–H groups in total. The molecular formula is C19H29N3O3S. The quantitative estimate of drug-likeness (QED) is 0.752. The van der Waals surface area contributed by atoms with E-state index in [2.05, 4.69) is 30.0 Å². The van der Waals surface area contributed by atoms with Crippen LogP contribution in [0.2, 0.25) is 0 Å². The summed E-state index contributed by atoms with van der Waals surface area (Å²) in [6.07, 6.45) is 1.79. The van der Waals surface area contributed by atoms with E-state index in [0.29, 0.717) is 25.8 Å². The molecule has 3 rings (SSSR count). The predicted octanol–water partition coefficient (Wildman–Crippen LogP) is 1.62. The molecule has 1 unspecified atom stereocenters. The number of likely N-dealkylation sites (N-methyl/N-ethyl adjacent to an activating group) is 1. The first-order valence-electron chi connectivity index (χ1n) is 9.35. The molecule has 2 aliphatic heterocycles. The van der Waals surface area contributed by atoms with Gasteiger partial charge in [-0.25, -0.2) is 8.42 Å². The number of hydrogen-bond donors (Lipinski definition) is 0. The van der Waals surface area contributed by atoms with E-state index in [1.807, 2.05) is 23.1 Å². The van der Waals surface area contributed by atoms with Crippen LogP contribution in [0.15, 0.2) is 24.3 Å². The van der Waals surface area contributed by atoms with Crippen molar-refractivity contribution in [1.82, 2.24) is 4.90 Å². The van der Waals surface area contributed by atoms with Gasteiger partial charge in [-0.1, -0.05) is 12.1 Å². The fourth-order valence-electron chi connectivity index (χ4n) is 3.80. The highest BCUT2D eigenvalue weighted by Gasteiger charge is 2.30. The van der Waals surface area contributed by atoms with Crippen LogP contribution in [-0.2, 0) is 14.6 Å². The summed E-state index contributed by atoms with van der Waals surface area (Å²) in [6, 6.07) is 8.07. The molecule has 26 heavy (non-hydrogen) atoms. The molecule has 1 atom stereocenters. The average Bonchev–Trinajstić information content (AvgIpc) is 2.96. The molecule has 7 heteroatoms. The molecule has 1 aromatic rings. The van der Waals surface area contributed by atoms with Gasteiger partial charge in [0.2, 0.25) is 5.91 Å². The highest BCUT2D eigenvalue weighted by molar-refractivity contribution is 7.91. The molecule has 0 aromatic heterocycles. The van der Waals surface area contributed by atoms with Gasteiger partial charge in [0.25, 0.3) is 0 Å². The van der Waals surface area contributed by atoms with Gasteiger partial charge in [-0.2, -0.15) is 0 Å². The number of rotatable bonds is 6. The van der Waals surface area contributed by atoms with Crippen molar-refractivity contribution in [2.45, 2.75) is 19.3 Å². The number of anilines is 2. The Kier molecular flexibility index (Phi) is 5.87. The Labute approximate surface area is 156 Å². The Morgan fingerprint density at radius 1 is 1.19 bits per heavy atom. The van der Waals surface area contributed by atoms with Crippen molar-refractivity contribution < 1.29 is 13.2 Å². The van der Waals surface area contributed by atoms with Crippen molar-refractivity contribution in [3.8, 4) is 0 Å². The minimum atomic E-state index is -2.87. The molecule has 2 heterocycles. The molecule has 6 nitrogen and oxygen atoms in total. The van der Waals surface area contributed by atoms with E-state index in [-0.39, 0.29) is 23.3 Å². The van der Waals surface area contributed by atoms with Crippen LogP contribution in [0.4, 0.5) is 11.4 Å². The van der Waals surface area contributed by atoms with Gasteiger partial charge in [-0.3, -0.25) is 4.79 Å². The molecule has 144 valence electrons. The standard InChI is InChI=1S/C19H29N3O3S/c1-20(2)10-11-21-12-13-22(18-6-4-3-5-17(18)21)19(23)8-7-16-9-14-26(24,25)15-16/h3-6,16H,7-15H2,1-2H3. The van der Waals surface area contributed by atoms with Crippen molar-refractivity contribution >= 4 is 27.1 Å². The lowest BCUT2D eigenvalue weighted by atomic mass is 10.0. The highest BCUT2D eigenvalue weighted by atomic mass is 32.2. The van der Waals surface area contributed by atoms with Crippen molar-refractivity contribution in [3.05, 3.63) is 24.3 Å². The van der Waals surface area contributed by atoms with Gasteiger partial charge in [0, 0.05) is 32.6 Å². The van der Waals surface area contributed by atoms with E-state index in [1.165, 1.54) is 0 Å². The Morgan fingerprint density at radius 3 is 2.58 bits per heavy atom. The normalized spacial score (nSPS) is 21.9. The van der Waals surface area contributed by atoms with E-state index in [0.717, 1.165) is 31.0 Å². The summed E-state index contributed by atoms with van der Waals surface area (Å²) in [6.45, 7) is 3.42. The number of hydrogen-bond acceptors (Lipinski definition) is 5. The second kappa shape index (κ2) is 7.96. The number of sulfone groups is 1. The maximum Gasteiger partial charge on any atom is 0.227 e. The maximum atomic E-state index is 12.8. The van der Waals surface area contributed by atoms with E-state index in [1.54, 1.807) is 0 Å². The number of benzene rings is 1. The minimum absolute atomic E-state index is 0.106. The van der Waals surface area contributed by atoms with E-state index in [9.17, 15) is 13.2 Å². The first kappa shape index (κ1) is 19.2. The fourth-order valence-corrected chi connectivity index (χ4v) is 5.71. The Hall–Kier alpha value is -1.60. The summed E-state index contributed by atoms with van der Waals surface area (Å²) in [5.41, 5.74) is 2.08. The van der Waals surface area contributed by atoms with Crippen LogP contribution in [0, 0.1) is 5.92 Å². The maximum absolute atomic E-state index is 12.8. The molecule has 2 aliphatic rings. The van der Waals surface area contributed by atoms with Crippen molar-refractivity contribution in [3.63, 3.8) is 0 Å². The summed E-state index contributed by atoms with van der Waals surface area (Å²) in [7, 11) is 1.26. The highest BCUT2D eigenvalue weighted by Crippen LogP contribution is 2.33. The zero-order valence-corrected chi connectivity index (χ0v) is 16.5. The second-order valence-corrected chi connectivity index (χ2v) is 9.86. The van der Waals surface area contributed by atoms with Crippen molar-refractivity contribution in [2.75, 3.05) is 61.6 Å². The summed E-state index contributed by atoms with van der Waals surface area (Å²) in [4.78, 5) is 19.2. The van der Waals surface area contributed by atoms with Gasteiger partial charge in [0.1, 0.15) is 0 Å². The van der Waals surface area contributed by atoms with Crippen LogP contribution < -0.4 is 9.80 Å². The van der Waals surface area contributed by atoms with Crippen molar-refractivity contribution in [1.29, 1.82) is 0 Å². The lowest BCUT2D eigenvalue weighted by molar-refractivity contribution is -0.118. The molecule has 1 fully saturated rings. The average molecular weight is 380 g/mol. The molecule has 0 saturated carbocycles. The molecule has 0 aliphatic carbocycles. The smallest absolute Gasteiger partial charge is 0.227 e. The lowest BCUT2D eigenvalue weighted by Crippen LogP contribution is -2.45. The Morgan fingerprint density at radius 2 is 1.92 bits per heavy atom. The topological polar surface area (TPSA) is 60.9 Å². The van der Waals surface area contributed by atoms with Crippen LogP contribution in [0.1, 0.15) is 19.3 Å². The Bertz CT molecular complexity index is 748. The van der Waals surface area contributed by atoms with Crippen LogP contribution in [0.3, 0.4) is 0 Å². The zero-order chi connectivity index (χ0) is 18.7. The van der Waals surface area contributed by atoms with Gasteiger partial charge in [0.15, 0.2) is 9.84 Å². The molecule has 1 amide bonds. The predicted molar refractivity (Wildman–Crippen MR) is 106 cm³/mol. The number of nitrogens with zero attached hydrogens (tertiary/aromatic N) is 3. The van der Waals surface area contributed by atoms with Gasteiger partial charge in [0.05, 0.1) is 22.9 Å². The van der Waals surface area contributed by atoms with Crippen molar-refractivity contribution in [2.24, 2.45) is 5.92 Å². The van der Waals surface area contributed by atoms with E-state index >= 15 is 0 Å². The van der Waals surface area contributed by atoms with Gasteiger partial charge < -0.3 is 14.7 Å². The third kappa shape index (κ3) is 4.57. The minimum Gasteiger partial charge on any atom is -0.367 e. The molecular weight excluding hydrogens is 350 g/mol. The van der Waals surface area contributed by atoms with Crippen LogP contribution in [0.25, 0.3) is 0 Å². The SMILES string of the molecule is CN(C)CCN1CCN(C(=O)CCC2CCS(=O)(=O)C2)c2ccccc21. The summed E-state index contributed by atoms with van der Waals surface area (Å²) in [5.74, 6) is 0.767. The number of fused-ring (bicyclic) bond motifs is 1. The molecule has 0 radical (unpaired) electrons. The number of carbonyl (C=O) groups excluding carboxylic acids is 1. The second-order valence-electron chi connectivity index (χ2n) is 7.63. The van der Waals surface area contributed by atoms with Crippen LogP contribution in [-0.4, -0.2) is 71.0 Å². The molecule has 0 spiro atoms. The van der Waals surface area contributed by atoms with Gasteiger partial charge in [-0.05, 0) is 45.0 Å². The summed E-state index contributed by atoms with van der Waals surface area (Å²) in [5, 5.41) is 0. The lowest BCUT2D eigenvalue weighted by Gasteiger charge is -2.38. The summed E-state index contributed by atoms with van der Waals surface area (Å²) >= 11 is 0. The van der Waals surface area contributed by atoms with Crippen LogP contribution >= 0.6 is 0 Å². The van der Waals surface area contributed by atoms with Gasteiger partial charge in [-0.15, -0.1) is 0 Å². The molecule has 1 saturated heterocycles. The van der Waals surface area contributed by atoms with E-state index in [4.69, 9.17) is 0 Å². The number of amides is 1. The monoisotopic (exact) mass is 379 g/mol. The number of para-hydroxylation sites is 2. The Balaban J connectivity index is 1.64. The largest absolute Gasteiger partial charge is 0.367 e. The van der Waals surface area contributed by atoms with Crippen LogP contribution in [0.5, 0.6) is 0 Å². The fraction of sp³-hybridized carbons (Fsp3) is 0.632. The molecule has 1 aromatic carbocycles. The zero-order valence-electron chi connectivity index (χ0n) is 15.7. The third-order valence-corrected chi connectivity index (χ3v) is 7.16. The number of carbonyl (C=O) groups is 1. The third-order valence-electron chi connectivity index (χ3n) is 5.32. The van der Waals surface area contributed by atoms with Gasteiger partial charge >= 0.3 is 0 Å². The molecule has 0 bridgehead atoms.